The first-order valence-corrected chi connectivity index (χ1v) is 5.95. The molecule has 0 aromatic heterocycles. The molecule has 1 fully saturated rings. The van der Waals surface area contributed by atoms with Crippen molar-refractivity contribution >= 4 is 6.03 Å². The Balaban J connectivity index is 2.50. The summed E-state index contributed by atoms with van der Waals surface area (Å²) in [5, 5.41) is 0. The van der Waals surface area contributed by atoms with Crippen LogP contribution in [0.2, 0.25) is 0 Å². The van der Waals surface area contributed by atoms with E-state index in [1.165, 1.54) is 0 Å². The molecule has 1 aliphatic rings. The van der Waals surface area contributed by atoms with E-state index in [2.05, 4.69) is 13.8 Å². The van der Waals surface area contributed by atoms with Gasteiger partial charge in [-0.05, 0) is 32.1 Å². The van der Waals surface area contributed by atoms with Gasteiger partial charge in [-0.2, -0.15) is 0 Å². The zero-order valence-electron chi connectivity index (χ0n) is 10.7. The van der Waals surface area contributed by atoms with Crippen LogP contribution in [0.3, 0.4) is 0 Å². The summed E-state index contributed by atoms with van der Waals surface area (Å²) in [6, 6.07) is 0.476. The minimum absolute atomic E-state index is 0.188. The third kappa shape index (κ3) is 2.86. The Bertz CT molecular complexity index is 226. The van der Waals surface area contributed by atoms with Crippen molar-refractivity contribution < 1.29 is 4.79 Å². The Morgan fingerprint density at radius 2 is 1.93 bits per heavy atom. The summed E-state index contributed by atoms with van der Waals surface area (Å²) in [5.41, 5.74) is 0. The highest BCUT2D eigenvalue weighted by molar-refractivity contribution is 5.74. The molecule has 1 aliphatic heterocycles. The number of amides is 2. The van der Waals surface area contributed by atoms with Gasteiger partial charge in [-0.25, -0.2) is 4.79 Å². The molecule has 0 aromatic rings. The molecule has 3 nitrogen and oxygen atoms in total. The van der Waals surface area contributed by atoms with Crippen LogP contribution in [0.5, 0.6) is 0 Å². The minimum Gasteiger partial charge on any atom is -0.325 e. The number of likely N-dealkylation sites (tertiary alicyclic amines) is 1. The predicted octanol–water partition coefficient (Wildman–Crippen LogP) is 2.42. The lowest BCUT2D eigenvalue weighted by Gasteiger charge is -2.28. The van der Waals surface area contributed by atoms with E-state index < -0.39 is 0 Å². The molecule has 1 atom stereocenters. The zero-order chi connectivity index (χ0) is 11.6. The van der Waals surface area contributed by atoms with Crippen LogP contribution in [-0.4, -0.2) is 42.0 Å². The van der Waals surface area contributed by atoms with Crippen LogP contribution in [0.15, 0.2) is 0 Å². The van der Waals surface area contributed by atoms with Crippen molar-refractivity contribution in [3.63, 3.8) is 0 Å². The van der Waals surface area contributed by atoms with Gasteiger partial charge in [-0.15, -0.1) is 0 Å². The largest absolute Gasteiger partial charge is 0.325 e. The number of carbonyl (C=O) groups excluding carboxylic acids is 1. The first kappa shape index (κ1) is 12.3. The lowest BCUT2D eigenvalue weighted by atomic mass is 9.95. The van der Waals surface area contributed by atoms with E-state index in [-0.39, 0.29) is 12.1 Å². The molecule has 0 radical (unpaired) electrons. The van der Waals surface area contributed by atoms with Crippen molar-refractivity contribution in [1.82, 2.24) is 9.80 Å². The standard InChI is InChI=1S/C12H24N2O/c1-9(2)11-6-7-14(8-11)12(15)13(5)10(3)4/h9-11H,6-8H2,1-5H3. The van der Waals surface area contributed by atoms with Gasteiger partial charge in [0.2, 0.25) is 0 Å². The van der Waals surface area contributed by atoms with Gasteiger partial charge in [0, 0.05) is 26.2 Å². The first-order valence-electron chi connectivity index (χ1n) is 5.95. The summed E-state index contributed by atoms with van der Waals surface area (Å²) in [7, 11) is 1.88. The molecule has 0 saturated carbocycles. The molecular formula is C12H24N2O. The first-order chi connectivity index (χ1) is 6.93. The number of rotatable bonds is 2. The normalized spacial score (nSPS) is 21.5. The van der Waals surface area contributed by atoms with Crippen LogP contribution in [0, 0.1) is 11.8 Å². The van der Waals surface area contributed by atoms with Crippen molar-refractivity contribution in [2.75, 3.05) is 20.1 Å². The van der Waals surface area contributed by atoms with E-state index in [0.29, 0.717) is 11.8 Å². The predicted molar refractivity (Wildman–Crippen MR) is 62.8 cm³/mol. The molecule has 2 amide bonds. The number of nitrogens with zero attached hydrogens (tertiary/aromatic N) is 2. The van der Waals surface area contributed by atoms with Crippen LogP contribution in [0.25, 0.3) is 0 Å². The molecule has 0 aliphatic carbocycles. The topological polar surface area (TPSA) is 23.6 Å². The van der Waals surface area contributed by atoms with Gasteiger partial charge in [-0.1, -0.05) is 13.8 Å². The molecule has 88 valence electrons. The summed E-state index contributed by atoms with van der Waals surface area (Å²) in [5.74, 6) is 1.38. The molecule has 0 spiro atoms. The van der Waals surface area contributed by atoms with Gasteiger partial charge in [0.1, 0.15) is 0 Å². The average Bonchev–Trinajstić information content (AvgIpc) is 2.64. The highest BCUT2D eigenvalue weighted by Crippen LogP contribution is 2.24. The highest BCUT2D eigenvalue weighted by atomic mass is 16.2. The molecule has 1 unspecified atom stereocenters. The van der Waals surface area contributed by atoms with Gasteiger partial charge < -0.3 is 9.80 Å². The Hall–Kier alpha value is -0.730. The van der Waals surface area contributed by atoms with Crippen LogP contribution in [-0.2, 0) is 0 Å². The van der Waals surface area contributed by atoms with Crippen molar-refractivity contribution in [3.05, 3.63) is 0 Å². The smallest absolute Gasteiger partial charge is 0.319 e. The fourth-order valence-corrected chi connectivity index (χ4v) is 1.95. The fourth-order valence-electron chi connectivity index (χ4n) is 1.95. The molecule has 1 rings (SSSR count). The summed E-state index contributed by atoms with van der Waals surface area (Å²) in [4.78, 5) is 15.8. The molecule has 15 heavy (non-hydrogen) atoms. The molecule has 3 heteroatoms. The Morgan fingerprint density at radius 3 is 2.33 bits per heavy atom. The summed E-state index contributed by atoms with van der Waals surface area (Å²) >= 11 is 0. The minimum atomic E-state index is 0.188. The molecule has 0 aromatic carbocycles. The van der Waals surface area contributed by atoms with Crippen LogP contribution < -0.4 is 0 Å². The lowest BCUT2D eigenvalue weighted by molar-refractivity contribution is 0.159. The number of hydrogen-bond donors (Lipinski definition) is 0. The number of urea groups is 1. The Labute approximate surface area is 93.4 Å². The summed E-state index contributed by atoms with van der Waals surface area (Å²) < 4.78 is 0. The van der Waals surface area contributed by atoms with Gasteiger partial charge in [-0.3, -0.25) is 0 Å². The van der Waals surface area contributed by atoms with E-state index in [4.69, 9.17) is 0 Å². The maximum Gasteiger partial charge on any atom is 0.319 e. The van der Waals surface area contributed by atoms with E-state index >= 15 is 0 Å². The van der Waals surface area contributed by atoms with Crippen molar-refractivity contribution in [3.8, 4) is 0 Å². The summed E-state index contributed by atoms with van der Waals surface area (Å²) in [6.45, 7) is 10.4. The lowest BCUT2D eigenvalue weighted by Crippen LogP contribution is -2.43. The van der Waals surface area contributed by atoms with E-state index in [1.54, 1.807) is 0 Å². The second-order valence-corrected chi connectivity index (χ2v) is 5.23. The summed E-state index contributed by atoms with van der Waals surface area (Å²) in [6.07, 6.45) is 1.16. The second-order valence-electron chi connectivity index (χ2n) is 5.23. The number of carbonyl (C=O) groups is 1. The van der Waals surface area contributed by atoms with Crippen molar-refractivity contribution in [2.45, 2.75) is 40.2 Å². The number of hydrogen-bond acceptors (Lipinski definition) is 1. The van der Waals surface area contributed by atoms with Crippen molar-refractivity contribution in [1.29, 1.82) is 0 Å². The van der Waals surface area contributed by atoms with Crippen molar-refractivity contribution in [2.24, 2.45) is 11.8 Å². The molecular weight excluding hydrogens is 188 g/mol. The van der Waals surface area contributed by atoms with Crippen LogP contribution >= 0.6 is 0 Å². The molecule has 0 N–H and O–H groups in total. The van der Waals surface area contributed by atoms with Gasteiger partial charge in [0.15, 0.2) is 0 Å². The van der Waals surface area contributed by atoms with Gasteiger partial charge >= 0.3 is 6.03 Å². The Kier molecular flexibility index (Phi) is 4.00. The van der Waals surface area contributed by atoms with Crippen LogP contribution in [0.1, 0.15) is 34.1 Å². The van der Waals surface area contributed by atoms with E-state index in [9.17, 15) is 4.79 Å². The van der Waals surface area contributed by atoms with E-state index in [0.717, 1.165) is 19.5 Å². The fraction of sp³-hybridized carbons (Fsp3) is 0.917. The SMILES string of the molecule is CC(C)C1CCN(C(=O)N(C)C(C)C)C1. The van der Waals surface area contributed by atoms with E-state index in [1.807, 2.05) is 30.7 Å². The zero-order valence-corrected chi connectivity index (χ0v) is 10.7. The quantitative estimate of drug-likeness (QED) is 0.689. The Morgan fingerprint density at radius 1 is 1.33 bits per heavy atom. The maximum atomic E-state index is 12.0. The third-order valence-electron chi connectivity index (χ3n) is 3.51. The second kappa shape index (κ2) is 4.86. The highest BCUT2D eigenvalue weighted by Gasteiger charge is 2.30. The monoisotopic (exact) mass is 212 g/mol. The maximum absolute atomic E-state index is 12.0. The van der Waals surface area contributed by atoms with Crippen LogP contribution in [0.4, 0.5) is 4.79 Å². The average molecular weight is 212 g/mol. The molecule has 0 bridgehead atoms. The van der Waals surface area contributed by atoms with Gasteiger partial charge in [0.25, 0.3) is 0 Å². The molecule has 1 saturated heterocycles. The van der Waals surface area contributed by atoms with Gasteiger partial charge in [0.05, 0.1) is 0 Å². The molecule has 1 heterocycles. The third-order valence-corrected chi connectivity index (χ3v) is 3.51.